The van der Waals surface area contributed by atoms with Crippen LogP contribution in [0.15, 0.2) is 27.8 Å². The standard InChI is InChI=1S/C11H15BrN2O2S/c1-8(9-3-4-9)14(2)17(15,16)11-5-10(12)6-13-7-11/h5-9H,3-4H2,1-2H3. The van der Waals surface area contributed by atoms with Gasteiger partial charge in [0, 0.05) is 30.0 Å². The summed E-state index contributed by atoms with van der Waals surface area (Å²) in [4.78, 5) is 4.14. The van der Waals surface area contributed by atoms with Crippen molar-refractivity contribution in [3.8, 4) is 0 Å². The van der Waals surface area contributed by atoms with Crippen molar-refractivity contribution in [3.63, 3.8) is 0 Å². The Balaban J connectivity index is 2.29. The molecule has 0 spiro atoms. The summed E-state index contributed by atoms with van der Waals surface area (Å²) in [6.45, 7) is 1.96. The minimum Gasteiger partial charge on any atom is -0.262 e. The van der Waals surface area contributed by atoms with Gasteiger partial charge in [-0.3, -0.25) is 4.98 Å². The molecule has 0 N–H and O–H groups in total. The molecule has 0 bridgehead atoms. The van der Waals surface area contributed by atoms with Crippen molar-refractivity contribution in [1.29, 1.82) is 0 Å². The van der Waals surface area contributed by atoms with Gasteiger partial charge in [-0.1, -0.05) is 0 Å². The lowest BCUT2D eigenvalue weighted by Gasteiger charge is -2.24. The molecule has 0 radical (unpaired) electrons. The lowest BCUT2D eigenvalue weighted by Crippen LogP contribution is -2.36. The van der Waals surface area contributed by atoms with Crippen LogP contribution in [0.25, 0.3) is 0 Å². The zero-order valence-corrected chi connectivity index (χ0v) is 12.2. The van der Waals surface area contributed by atoms with E-state index in [-0.39, 0.29) is 10.9 Å². The molecular weight excluding hydrogens is 304 g/mol. The number of halogens is 1. The predicted molar refractivity (Wildman–Crippen MR) is 69.1 cm³/mol. The number of pyridine rings is 1. The second kappa shape index (κ2) is 4.66. The number of hydrogen-bond acceptors (Lipinski definition) is 3. The number of nitrogens with zero attached hydrogens (tertiary/aromatic N) is 2. The topological polar surface area (TPSA) is 50.3 Å². The summed E-state index contributed by atoms with van der Waals surface area (Å²) >= 11 is 3.24. The van der Waals surface area contributed by atoms with Crippen molar-refractivity contribution in [2.75, 3.05) is 7.05 Å². The Labute approximate surface area is 110 Å². The van der Waals surface area contributed by atoms with Crippen LogP contribution in [0.4, 0.5) is 0 Å². The van der Waals surface area contributed by atoms with E-state index in [0.717, 1.165) is 12.8 Å². The van der Waals surface area contributed by atoms with E-state index in [1.165, 1.54) is 10.5 Å². The van der Waals surface area contributed by atoms with Crippen molar-refractivity contribution in [2.45, 2.75) is 30.7 Å². The van der Waals surface area contributed by atoms with Gasteiger partial charge in [0.05, 0.1) is 0 Å². The highest BCUT2D eigenvalue weighted by Crippen LogP contribution is 2.36. The van der Waals surface area contributed by atoms with Crippen LogP contribution in [0.5, 0.6) is 0 Å². The average Bonchev–Trinajstić information content (AvgIpc) is 3.11. The van der Waals surface area contributed by atoms with Crippen molar-refractivity contribution >= 4 is 26.0 Å². The molecule has 1 aromatic rings. The maximum Gasteiger partial charge on any atom is 0.244 e. The Morgan fingerprint density at radius 1 is 1.47 bits per heavy atom. The molecule has 6 heteroatoms. The third kappa shape index (κ3) is 2.69. The first-order chi connectivity index (χ1) is 7.93. The fraction of sp³-hybridized carbons (Fsp3) is 0.545. The zero-order chi connectivity index (χ0) is 12.6. The van der Waals surface area contributed by atoms with E-state index in [2.05, 4.69) is 20.9 Å². The van der Waals surface area contributed by atoms with Gasteiger partial charge in [-0.15, -0.1) is 0 Å². The van der Waals surface area contributed by atoms with Crippen LogP contribution < -0.4 is 0 Å². The second-order valence-corrected chi connectivity index (χ2v) is 7.35. The largest absolute Gasteiger partial charge is 0.262 e. The third-order valence-corrected chi connectivity index (χ3v) is 5.58. The molecule has 0 amide bonds. The fourth-order valence-corrected chi connectivity index (χ4v) is 3.72. The molecule has 0 saturated heterocycles. The van der Waals surface area contributed by atoms with Gasteiger partial charge in [0.25, 0.3) is 0 Å². The molecule has 4 nitrogen and oxygen atoms in total. The monoisotopic (exact) mass is 318 g/mol. The third-order valence-electron chi connectivity index (χ3n) is 3.23. The highest BCUT2D eigenvalue weighted by molar-refractivity contribution is 9.10. The summed E-state index contributed by atoms with van der Waals surface area (Å²) in [5.74, 6) is 0.509. The summed E-state index contributed by atoms with van der Waals surface area (Å²) < 4.78 is 26.8. The highest BCUT2D eigenvalue weighted by atomic mass is 79.9. The molecule has 1 aliphatic carbocycles. The summed E-state index contributed by atoms with van der Waals surface area (Å²) in [6.07, 6.45) is 5.20. The Bertz CT molecular complexity index is 514. The second-order valence-electron chi connectivity index (χ2n) is 4.44. The summed E-state index contributed by atoms with van der Waals surface area (Å²) in [5.41, 5.74) is 0. The van der Waals surface area contributed by atoms with Crippen LogP contribution in [-0.4, -0.2) is 30.8 Å². The van der Waals surface area contributed by atoms with Gasteiger partial charge in [0.2, 0.25) is 10.0 Å². The van der Waals surface area contributed by atoms with Crippen LogP contribution >= 0.6 is 15.9 Å². The summed E-state index contributed by atoms with van der Waals surface area (Å²) in [6, 6.07) is 1.64. The maximum atomic E-state index is 12.3. The normalized spacial score (nSPS) is 18.4. The number of sulfonamides is 1. The molecule has 0 aromatic carbocycles. The molecule has 1 atom stereocenters. The Kier molecular flexibility index (Phi) is 3.56. The minimum absolute atomic E-state index is 0.0546. The van der Waals surface area contributed by atoms with Gasteiger partial charge >= 0.3 is 0 Å². The molecule has 0 aliphatic heterocycles. The smallest absolute Gasteiger partial charge is 0.244 e. The van der Waals surface area contributed by atoms with Gasteiger partial charge in [0.1, 0.15) is 4.90 Å². The highest BCUT2D eigenvalue weighted by Gasteiger charge is 2.36. The van der Waals surface area contributed by atoms with Crippen molar-refractivity contribution in [2.24, 2.45) is 5.92 Å². The van der Waals surface area contributed by atoms with Crippen molar-refractivity contribution < 1.29 is 8.42 Å². The van der Waals surface area contributed by atoms with Gasteiger partial charge in [0.15, 0.2) is 0 Å². The van der Waals surface area contributed by atoms with Gasteiger partial charge in [-0.25, -0.2) is 8.42 Å². The molecule has 1 aliphatic rings. The molecule has 1 heterocycles. The number of hydrogen-bond donors (Lipinski definition) is 0. The van der Waals surface area contributed by atoms with Crippen LogP contribution in [0.2, 0.25) is 0 Å². The van der Waals surface area contributed by atoms with E-state index in [0.29, 0.717) is 10.4 Å². The van der Waals surface area contributed by atoms with E-state index >= 15 is 0 Å². The van der Waals surface area contributed by atoms with Crippen LogP contribution in [0.1, 0.15) is 19.8 Å². The summed E-state index contributed by atoms with van der Waals surface area (Å²) in [5, 5.41) is 0. The van der Waals surface area contributed by atoms with Crippen LogP contribution in [0, 0.1) is 5.92 Å². The molecule has 94 valence electrons. The van der Waals surface area contributed by atoms with Crippen molar-refractivity contribution in [3.05, 3.63) is 22.9 Å². The molecule has 17 heavy (non-hydrogen) atoms. The van der Waals surface area contributed by atoms with Gasteiger partial charge < -0.3 is 0 Å². The fourth-order valence-electron chi connectivity index (χ4n) is 1.79. The van der Waals surface area contributed by atoms with Crippen LogP contribution in [0.3, 0.4) is 0 Å². The van der Waals surface area contributed by atoms with Gasteiger partial charge in [-0.05, 0) is 47.7 Å². The predicted octanol–water partition coefficient (Wildman–Crippen LogP) is 2.26. The molecule has 1 saturated carbocycles. The van der Waals surface area contributed by atoms with E-state index in [4.69, 9.17) is 0 Å². The first kappa shape index (κ1) is 13.0. The first-order valence-electron chi connectivity index (χ1n) is 5.51. The number of aromatic nitrogens is 1. The van der Waals surface area contributed by atoms with E-state index in [1.807, 2.05) is 6.92 Å². The lowest BCUT2D eigenvalue weighted by molar-refractivity contribution is 0.357. The average molecular weight is 319 g/mol. The first-order valence-corrected chi connectivity index (χ1v) is 7.75. The maximum absolute atomic E-state index is 12.3. The van der Waals surface area contributed by atoms with Gasteiger partial charge in [-0.2, -0.15) is 4.31 Å². The lowest BCUT2D eigenvalue weighted by atomic mass is 10.2. The Morgan fingerprint density at radius 3 is 2.65 bits per heavy atom. The zero-order valence-electron chi connectivity index (χ0n) is 9.80. The van der Waals surface area contributed by atoms with Crippen LogP contribution in [-0.2, 0) is 10.0 Å². The van der Waals surface area contributed by atoms with E-state index in [1.54, 1.807) is 19.3 Å². The Morgan fingerprint density at radius 2 is 2.12 bits per heavy atom. The van der Waals surface area contributed by atoms with Crippen molar-refractivity contribution in [1.82, 2.24) is 9.29 Å². The Hall–Kier alpha value is -0.460. The summed E-state index contributed by atoms with van der Waals surface area (Å²) in [7, 11) is -1.79. The molecule has 1 unspecified atom stereocenters. The van der Waals surface area contributed by atoms with E-state index in [9.17, 15) is 8.42 Å². The quantitative estimate of drug-likeness (QED) is 0.855. The minimum atomic E-state index is -3.42. The SMILES string of the molecule is CC(C1CC1)N(C)S(=O)(=O)c1cncc(Br)c1. The molecule has 1 fully saturated rings. The van der Waals surface area contributed by atoms with E-state index < -0.39 is 10.0 Å². The molecule has 2 rings (SSSR count). The number of rotatable bonds is 4. The molecule has 1 aromatic heterocycles. The molecular formula is C11H15BrN2O2S.